The van der Waals surface area contributed by atoms with Crippen LogP contribution in [0.2, 0.25) is 0 Å². The second-order valence-corrected chi connectivity index (χ2v) is 7.81. The highest BCUT2D eigenvalue weighted by Gasteiger charge is 2.20. The van der Waals surface area contributed by atoms with Crippen molar-refractivity contribution in [1.82, 2.24) is 20.2 Å². The summed E-state index contributed by atoms with van der Waals surface area (Å²) in [6.07, 6.45) is 0. The normalized spacial score (nSPS) is 13.7. The zero-order chi connectivity index (χ0) is 23.5. The number of anilines is 4. The summed E-state index contributed by atoms with van der Waals surface area (Å²) in [6.45, 7) is 2.63. The summed E-state index contributed by atoms with van der Waals surface area (Å²) >= 11 is 0. The molecule has 174 valence electrons. The fourth-order valence-electron chi connectivity index (χ4n) is 3.73. The molecule has 0 unspecified atom stereocenters. The minimum Gasteiger partial charge on any atom is -0.392 e. The lowest BCUT2D eigenvalue weighted by Crippen LogP contribution is -2.37. The maximum atomic E-state index is 12.3. The van der Waals surface area contributed by atoms with Gasteiger partial charge in [0.15, 0.2) is 17.5 Å². The van der Waals surface area contributed by atoms with Crippen LogP contribution in [0.25, 0.3) is 22.4 Å². The number of amides is 2. The Kier molecular flexibility index (Phi) is 5.93. The average Bonchev–Trinajstić information content (AvgIpc) is 3.25. The Morgan fingerprint density at radius 1 is 1.03 bits per heavy atom. The van der Waals surface area contributed by atoms with E-state index < -0.39 is 0 Å². The molecule has 0 atom stereocenters. The predicted molar refractivity (Wildman–Crippen MR) is 130 cm³/mol. The van der Waals surface area contributed by atoms with E-state index in [1.165, 1.54) is 0 Å². The number of hydrogen-bond acceptors (Lipinski definition) is 8. The van der Waals surface area contributed by atoms with E-state index in [4.69, 9.17) is 20.6 Å². The third-order valence-corrected chi connectivity index (χ3v) is 5.53. The van der Waals surface area contributed by atoms with Gasteiger partial charge >= 0.3 is 6.03 Å². The fourth-order valence-corrected chi connectivity index (χ4v) is 3.73. The predicted octanol–water partition coefficient (Wildman–Crippen LogP) is 2.58. The number of hydrogen-bond donors (Lipinski definition) is 5. The number of rotatable bonds is 5. The van der Waals surface area contributed by atoms with Crippen LogP contribution in [0.3, 0.4) is 0 Å². The topological polar surface area (TPSA) is 154 Å². The van der Waals surface area contributed by atoms with Crippen molar-refractivity contribution in [2.75, 3.05) is 47.6 Å². The summed E-state index contributed by atoms with van der Waals surface area (Å²) in [5.41, 5.74) is 10.1. The summed E-state index contributed by atoms with van der Waals surface area (Å²) in [5.74, 6) is 1.57. The maximum Gasteiger partial charge on any atom is 0.323 e. The lowest BCUT2D eigenvalue weighted by atomic mass is 10.2. The lowest BCUT2D eigenvalue weighted by Gasteiger charge is -2.28. The molecule has 0 spiro atoms. The first-order valence-electron chi connectivity index (χ1n) is 10.8. The highest BCUT2D eigenvalue weighted by Crippen LogP contribution is 2.29. The first-order chi connectivity index (χ1) is 16.6. The van der Waals surface area contributed by atoms with Gasteiger partial charge < -0.3 is 31.1 Å². The molecular formula is C23H24N8O3. The Morgan fingerprint density at radius 2 is 1.68 bits per heavy atom. The van der Waals surface area contributed by atoms with Crippen molar-refractivity contribution in [3.63, 3.8) is 0 Å². The second-order valence-electron chi connectivity index (χ2n) is 7.81. The number of aliphatic hydroxyl groups is 1. The number of aromatic amines is 1. The lowest BCUT2D eigenvalue weighted by molar-refractivity contribution is 0.122. The van der Waals surface area contributed by atoms with Crippen molar-refractivity contribution in [1.29, 1.82) is 0 Å². The number of urea groups is 1. The molecule has 11 nitrogen and oxygen atoms in total. The number of H-pyrrole nitrogens is 1. The van der Waals surface area contributed by atoms with Gasteiger partial charge in [0.05, 0.1) is 19.8 Å². The number of carbonyl (C=O) groups excluding carboxylic acids is 1. The molecule has 1 saturated heterocycles. The van der Waals surface area contributed by atoms with Crippen molar-refractivity contribution < 1.29 is 14.6 Å². The molecule has 4 aromatic rings. The molecule has 0 radical (unpaired) electrons. The molecule has 11 heteroatoms. The number of morpholine rings is 1. The average molecular weight is 460 g/mol. The number of fused-ring (bicyclic) bond motifs is 1. The van der Waals surface area contributed by atoms with Gasteiger partial charge in [-0.05, 0) is 42.0 Å². The summed E-state index contributed by atoms with van der Waals surface area (Å²) in [7, 11) is 0. The van der Waals surface area contributed by atoms with Crippen LogP contribution in [-0.2, 0) is 11.3 Å². The number of nitrogens with two attached hydrogens (primary N) is 1. The zero-order valence-electron chi connectivity index (χ0n) is 18.3. The van der Waals surface area contributed by atoms with Gasteiger partial charge in [0.1, 0.15) is 11.0 Å². The van der Waals surface area contributed by atoms with Crippen LogP contribution in [0.1, 0.15) is 5.56 Å². The van der Waals surface area contributed by atoms with E-state index in [-0.39, 0.29) is 12.6 Å². The molecule has 5 rings (SSSR count). The van der Waals surface area contributed by atoms with Crippen molar-refractivity contribution in [3.05, 3.63) is 54.1 Å². The molecular weight excluding hydrogens is 436 g/mol. The van der Waals surface area contributed by atoms with E-state index in [2.05, 4.69) is 30.7 Å². The molecule has 34 heavy (non-hydrogen) atoms. The summed E-state index contributed by atoms with van der Waals surface area (Å²) in [5, 5.41) is 21.7. The van der Waals surface area contributed by atoms with Gasteiger partial charge in [0.2, 0.25) is 0 Å². The Balaban J connectivity index is 1.34. The quantitative estimate of drug-likeness (QED) is 0.304. The number of nitrogens with one attached hydrogen (secondary N) is 3. The SMILES string of the molecule is Nc1n[nH]c2c(N3CCOCC3)nc(-c3ccc(NC(=O)Nc4ccc(CO)cc4)cc3)nc12. The van der Waals surface area contributed by atoms with Crippen LogP contribution >= 0.6 is 0 Å². The Labute approximate surface area is 195 Å². The van der Waals surface area contributed by atoms with E-state index in [1.807, 2.05) is 12.1 Å². The third kappa shape index (κ3) is 4.47. The number of aliphatic hydroxyl groups excluding tert-OH is 1. The second kappa shape index (κ2) is 9.33. The molecule has 1 fully saturated rings. The Hall–Kier alpha value is -4.22. The Morgan fingerprint density at radius 3 is 2.32 bits per heavy atom. The number of nitrogens with zero attached hydrogens (tertiary/aromatic N) is 4. The molecule has 2 amide bonds. The molecule has 3 heterocycles. The molecule has 2 aromatic carbocycles. The minimum atomic E-state index is -0.372. The van der Waals surface area contributed by atoms with Crippen molar-refractivity contribution >= 4 is 40.1 Å². The van der Waals surface area contributed by atoms with Crippen molar-refractivity contribution in [3.8, 4) is 11.4 Å². The van der Waals surface area contributed by atoms with Gasteiger partial charge in [-0.25, -0.2) is 14.8 Å². The third-order valence-electron chi connectivity index (χ3n) is 5.53. The highest BCUT2D eigenvalue weighted by atomic mass is 16.5. The van der Waals surface area contributed by atoms with E-state index in [0.717, 1.165) is 16.9 Å². The number of benzene rings is 2. The zero-order valence-corrected chi connectivity index (χ0v) is 18.3. The number of carbonyl (C=O) groups is 1. The van der Waals surface area contributed by atoms with Gasteiger partial charge in [0.25, 0.3) is 0 Å². The molecule has 1 aliphatic rings. The van der Waals surface area contributed by atoms with Crippen LogP contribution < -0.4 is 21.3 Å². The highest BCUT2D eigenvalue weighted by molar-refractivity contribution is 6.00. The molecule has 0 bridgehead atoms. The molecule has 2 aromatic heterocycles. The van der Waals surface area contributed by atoms with Crippen molar-refractivity contribution in [2.45, 2.75) is 6.61 Å². The minimum absolute atomic E-state index is 0.0450. The van der Waals surface area contributed by atoms with Gasteiger partial charge in [-0.1, -0.05) is 12.1 Å². The standard InChI is InChI=1S/C23H24N8O3/c24-20-18-19(29-30-20)22(31-9-11-34-12-10-31)28-21(27-18)15-3-7-17(8-4-15)26-23(33)25-16-5-1-14(13-32)2-6-16/h1-8,32H,9-13H2,(H3,24,29,30)(H2,25,26,33). The number of nitrogen functional groups attached to an aromatic ring is 1. The van der Waals surface area contributed by atoms with Crippen LogP contribution in [0.4, 0.5) is 27.8 Å². The summed E-state index contributed by atoms with van der Waals surface area (Å²) in [6, 6.07) is 13.8. The van der Waals surface area contributed by atoms with E-state index in [0.29, 0.717) is 60.4 Å². The summed E-state index contributed by atoms with van der Waals surface area (Å²) < 4.78 is 5.46. The first kappa shape index (κ1) is 21.6. The van der Waals surface area contributed by atoms with Crippen LogP contribution in [0, 0.1) is 0 Å². The maximum absolute atomic E-state index is 12.3. The van der Waals surface area contributed by atoms with Crippen LogP contribution in [0.15, 0.2) is 48.5 Å². The Bertz CT molecular complexity index is 1300. The van der Waals surface area contributed by atoms with Crippen LogP contribution in [-0.4, -0.2) is 57.6 Å². The van der Waals surface area contributed by atoms with Crippen molar-refractivity contribution in [2.24, 2.45) is 0 Å². The van der Waals surface area contributed by atoms with E-state index in [9.17, 15) is 4.79 Å². The van der Waals surface area contributed by atoms with Gasteiger partial charge in [0, 0.05) is 30.0 Å². The largest absolute Gasteiger partial charge is 0.392 e. The fraction of sp³-hybridized carbons (Fsp3) is 0.217. The van der Waals surface area contributed by atoms with Crippen LogP contribution in [0.5, 0.6) is 0 Å². The summed E-state index contributed by atoms with van der Waals surface area (Å²) in [4.78, 5) is 23.9. The van der Waals surface area contributed by atoms with Gasteiger partial charge in [-0.3, -0.25) is 5.10 Å². The molecule has 0 aliphatic carbocycles. The van der Waals surface area contributed by atoms with Gasteiger partial charge in [-0.2, -0.15) is 5.10 Å². The molecule has 6 N–H and O–H groups in total. The van der Waals surface area contributed by atoms with Gasteiger partial charge in [-0.15, -0.1) is 0 Å². The number of ether oxygens (including phenoxy) is 1. The van der Waals surface area contributed by atoms with E-state index >= 15 is 0 Å². The monoisotopic (exact) mass is 460 g/mol. The molecule has 0 saturated carbocycles. The molecule has 1 aliphatic heterocycles. The number of aromatic nitrogens is 4. The first-order valence-corrected chi connectivity index (χ1v) is 10.8. The van der Waals surface area contributed by atoms with E-state index in [1.54, 1.807) is 36.4 Å². The smallest absolute Gasteiger partial charge is 0.323 e.